The Morgan fingerprint density at radius 3 is 2.29 bits per heavy atom. The Labute approximate surface area is 247 Å². The molecular weight excluding hydrogens is 532 g/mol. The van der Waals surface area contributed by atoms with Crippen LogP contribution in [0.15, 0.2) is 60.7 Å². The van der Waals surface area contributed by atoms with Crippen molar-refractivity contribution in [3.8, 4) is 0 Å². The molecule has 3 aromatic rings. The minimum atomic E-state index is -1.14. The summed E-state index contributed by atoms with van der Waals surface area (Å²) in [6.07, 6.45) is -0.431. The number of aryl methyl sites for hydroxylation is 1. The van der Waals surface area contributed by atoms with E-state index in [-0.39, 0.29) is 19.4 Å². The Morgan fingerprint density at radius 2 is 1.64 bits per heavy atom. The van der Waals surface area contributed by atoms with Crippen molar-refractivity contribution in [2.75, 3.05) is 11.9 Å². The number of nitrogens with one attached hydrogen (secondary N) is 2. The normalized spacial score (nSPS) is 12.7. The number of nitrogens with two attached hydrogens (primary N) is 1. The number of carbonyl (C=O) groups is 4. The second kappa shape index (κ2) is 14.0. The van der Waals surface area contributed by atoms with Gasteiger partial charge in [-0.1, -0.05) is 55.5 Å². The Bertz CT molecular complexity index is 1450. The highest BCUT2D eigenvalue weighted by molar-refractivity contribution is 6.00. The van der Waals surface area contributed by atoms with Crippen molar-refractivity contribution in [3.05, 3.63) is 77.4 Å². The van der Waals surface area contributed by atoms with Crippen LogP contribution in [-0.2, 0) is 19.1 Å². The van der Waals surface area contributed by atoms with E-state index in [1.807, 2.05) is 81.4 Å². The molecule has 0 radical (unpaired) electrons. The van der Waals surface area contributed by atoms with Gasteiger partial charge in [0.05, 0.1) is 0 Å². The fourth-order valence-electron chi connectivity index (χ4n) is 4.80. The summed E-state index contributed by atoms with van der Waals surface area (Å²) in [5.74, 6) is -1.52. The number of benzene rings is 3. The largest absolute Gasteiger partial charge is 0.444 e. The van der Waals surface area contributed by atoms with Gasteiger partial charge >= 0.3 is 6.09 Å². The Balaban J connectivity index is 2.05. The van der Waals surface area contributed by atoms with Gasteiger partial charge in [0.15, 0.2) is 0 Å². The van der Waals surface area contributed by atoms with Gasteiger partial charge in [-0.05, 0) is 87.1 Å². The van der Waals surface area contributed by atoms with Crippen LogP contribution >= 0.6 is 0 Å². The van der Waals surface area contributed by atoms with Gasteiger partial charge < -0.3 is 26.0 Å². The minimum absolute atomic E-state index is 0.0422. The van der Waals surface area contributed by atoms with Gasteiger partial charge in [0.1, 0.15) is 17.7 Å². The molecular formula is C33H42N4O5. The molecule has 4 N–H and O–H groups in total. The van der Waals surface area contributed by atoms with Crippen LogP contribution in [0.25, 0.3) is 10.8 Å². The summed E-state index contributed by atoms with van der Waals surface area (Å²) < 4.78 is 5.39. The average molecular weight is 575 g/mol. The van der Waals surface area contributed by atoms with Crippen molar-refractivity contribution < 1.29 is 23.9 Å². The molecule has 42 heavy (non-hydrogen) atoms. The van der Waals surface area contributed by atoms with Crippen LogP contribution in [0.2, 0.25) is 0 Å². The lowest BCUT2D eigenvalue weighted by Gasteiger charge is -2.35. The summed E-state index contributed by atoms with van der Waals surface area (Å²) in [5.41, 5.74) is 7.70. The maximum atomic E-state index is 14.2. The molecule has 0 aliphatic rings. The monoisotopic (exact) mass is 574 g/mol. The van der Waals surface area contributed by atoms with Crippen molar-refractivity contribution in [1.82, 2.24) is 10.2 Å². The first-order valence-electron chi connectivity index (χ1n) is 14.2. The van der Waals surface area contributed by atoms with Gasteiger partial charge in [-0.3, -0.25) is 14.4 Å². The average Bonchev–Trinajstić information content (AvgIpc) is 2.91. The number of amides is 4. The first kappa shape index (κ1) is 32.1. The van der Waals surface area contributed by atoms with Crippen LogP contribution < -0.4 is 16.4 Å². The lowest BCUT2D eigenvalue weighted by atomic mass is 9.94. The van der Waals surface area contributed by atoms with Crippen molar-refractivity contribution in [2.24, 2.45) is 5.73 Å². The molecule has 0 fully saturated rings. The molecule has 0 saturated carbocycles. The molecule has 0 saturated heterocycles. The number of hydrogen-bond donors (Lipinski definition) is 3. The zero-order valence-electron chi connectivity index (χ0n) is 25.3. The van der Waals surface area contributed by atoms with Crippen LogP contribution in [0, 0.1) is 13.8 Å². The zero-order valence-corrected chi connectivity index (χ0v) is 25.3. The molecule has 2 unspecified atom stereocenters. The fraction of sp³-hybridized carbons (Fsp3) is 0.394. The molecule has 0 aliphatic heterocycles. The minimum Gasteiger partial charge on any atom is -0.444 e. The van der Waals surface area contributed by atoms with E-state index in [4.69, 9.17) is 10.5 Å². The van der Waals surface area contributed by atoms with Gasteiger partial charge in [0, 0.05) is 18.7 Å². The summed E-state index contributed by atoms with van der Waals surface area (Å²) in [4.78, 5) is 54.2. The highest BCUT2D eigenvalue weighted by Gasteiger charge is 2.37. The number of nitrogens with zero attached hydrogens (tertiary/aromatic N) is 1. The highest BCUT2D eigenvalue weighted by atomic mass is 16.6. The maximum absolute atomic E-state index is 14.2. The third-order valence-corrected chi connectivity index (χ3v) is 6.93. The summed E-state index contributed by atoms with van der Waals surface area (Å²) in [6.45, 7) is 11.1. The topological polar surface area (TPSA) is 131 Å². The lowest BCUT2D eigenvalue weighted by Crippen LogP contribution is -2.53. The highest BCUT2D eigenvalue weighted by Crippen LogP contribution is 2.30. The summed E-state index contributed by atoms with van der Waals surface area (Å²) in [5, 5.41) is 7.63. The number of anilines is 1. The molecule has 0 heterocycles. The van der Waals surface area contributed by atoms with E-state index in [0.717, 1.165) is 21.9 Å². The van der Waals surface area contributed by atoms with Crippen LogP contribution in [0.5, 0.6) is 0 Å². The Morgan fingerprint density at radius 1 is 0.952 bits per heavy atom. The van der Waals surface area contributed by atoms with Crippen LogP contribution in [0.4, 0.5) is 10.5 Å². The van der Waals surface area contributed by atoms with Gasteiger partial charge in [0.2, 0.25) is 11.8 Å². The summed E-state index contributed by atoms with van der Waals surface area (Å²) in [7, 11) is 0. The standard InChI is InChI=1S/C33H42N4O5/c1-7-19-37(31(40)27(17-18-28(34)38)36-32(41)42-33(4,5)6)29(26-14-10-11-21(2)22(26)3)30(39)35-25-16-15-23-12-8-9-13-24(23)20-25/h8-16,20,27,29H,7,17-19H2,1-6H3,(H2,34,38)(H,35,39)(H,36,41). The molecule has 0 aliphatic carbocycles. The number of carbonyl (C=O) groups excluding carboxylic acids is 4. The molecule has 9 heteroatoms. The third-order valence-electron chi connectivity index (χ3n) is 6.93. The predicted molar refractivity (Wildman–Crippen MR) is 165 cm³/mol. The van der Waals surface area contributed by atoms with Gasteiger partial charge in [-0.2, -0.15) is 0 Å². The molecule has 0 aromatic heterocycles. The molecule has 9 nitrogen and oxygen atoms in total. The van der Waals surface area contributed by atoms with Crippen molar-refractivity contribution in [2.45, 2.75) is 78.5 Å². The van der Waals surface area contributed by atoms with E-state index in [1.165, 1.54) is 4.90 Å². The summed E-state index contributed by atoms with van der Waals surface area (Å²) in [6, 6.07) is 17.0. The second-order valence-electron chi connectivity index (χ2n) is 11.5. The van der Waals surface area contributed by atoms with E-state index in [2.05, 4.69) is 10.6 Å². The molecule has 3 aromatic carbocycles. The smallest absolute Gasteiger partial charge is 0.408 e. The van der Waals surface area contributed by atoms with Gasteiger partial charge in [-0.25, -0.2) is 4.79 Å². The van der Waals surface area contributed by atoms with E-state index in [1.54, 1.807) is 20.8 Å². The van der Waals surface area contributed by atoms with E-state index >= 15 is 0 Å². The molecule has 2 atom stereocenters. The van der Waals surface area contributed by atoms with E-state index < -0.39 is 41.5 Å². The number of fused-ring (bicyclic) bond motifs is 1. The number of primary amides is 1. The molecule has 224 valence electrons. The van der Waals surface area contributed by atoms with Gasteiger partial charge in [0.25, 0.3) is 5.91 Å². The molecule has 3 rings (SSSR count). The van der Waals surface area contributed by atoms with Gasteiger partial charge in [-0.15, -0.1) is 0 Å². The quantitative estimate of drug-likeness (QED) is 0.277. The van der Waals surface area contributed by atoms with Crippen molar-refractivity contribution >= 4 is 40.3 Å². The second-order valence-corrected chi connectivity index (χ2v) is 11.5. The van der Waals surface area contributed by atoms with Crippen LogP contribution in [-0.4, -0.2) is 46.9 Å². The fourth-order valence-corrected chi connectivity index (χ4v) is 4.80. The van der Waals surface area contributed by atoms with Crippen LogP contribution in [0.1, 0.15) is 69.7 Å². The summed E-state index contributed by atoms with van der Waals surface area (Å²) >= 11 is 0. The first-order valence-corrected chi connectivity index (χ1v) is 14.2. The number of rotatable bonds is 11. The maximum Gasteiger partial charge on any atom is 0.408 e. The molecule has 0 spiro atoms. The third kappa shape index (κ3) is 8.55. The number of hydrogen-bond acceptors (Lipinski definition) is 5. The number of alkyl carbamates (subject to hydrolysis) is 1. The molecule has 0 bridgehead atoms. The first-order chi connectivity index (χ1) is 19.8. The van der Waals surface area contributed by atoms with E-state index in [0.29, 0.717) is 17.7 Å². The predicted octanol–water partition coefficient (Wildman–Crippen LogP) is 5.53. The zero-order chi connectivity index (χ0) is 31.0. The SMILES string of the molecule is CCCN(C(=O)C(CCC(N)=O)NC(=O)OC(C)(C)C)C(C(=O)Nc1ccc2ccccc2c1)c1cccc(C)c1C. The lowest BCUT2D eigenvalue weighted by molar-refractivity contribution is -0.141. The van der Waals surface area contributed by atoms with Crippen molar-refractivity contribution in [1.29, 1.82) is 0 Å². The molecule has 4 amide bonds. The number of ether oxygens (including phenoxy) is 1. The van der Waals surface area contributed by atoms with E-state index in [9.17, 15) is 19.2 Å². The van der Waals surface area contributed by atoms with Crippen LogP contribution in [0.3, 0.4) is 0 Å². The Kier molecular flexibility index (Phi) is 10.7. The van der Waals surface area contributed by atoms with Crippen molar-refractivity contribution in [3.63, 3.8) is 0 Å². The Hall–Kier alpha value is -4.40.